The first kappa shape index (κ1) is 13.2. The van der Waals surface area contributed by atoms with Gasteiger partial charge in [-0.05, 0) is 24.3 Å². The van der Waals surface area contributed by atoms with E-state index >= 15 is 0 Å². The molecule has 0 aliphatic rings. The van der Waals surface area contributed by atoms with Crippen molar-refractivity contribution in [2.45, 2.75) is 13.3 Å². The fourth-order valence-electron chi connectivity index (χ4n) is 1.43. The summed E-state index contributed by atoms with van der Waals surface area (Å²) < 4.78 is 0. The van der Waals surface area contributed by atoms with E-state index in [0.717, 1.165) is 5.69 Å². The number of carbonyl (C=O) groups is 2. The molecule has 1 aromatic rings. The van der Waals surface area contributed by atoms with Crippen LogP contribution in [0.5, 0.6) is 0 Å². The standard InChI is InChI=1S/C13H17NO3/c1-9(13(16)17)8-12(15)10-4-6-11(7-5-10)14(2)3/h4-7,9H,8H2,1-3H3,(H,16,17). The maximum atomic E-state index is 11.8. The van der Waals surface area contributed by atoms with Gasteiger partial charge in [0.2, 0.25) is 0 Å². The number of benzene rings is 1. The Kier molecular flexibility index (Phi) is 4.26. The summed E-state index contributed by atoms with van der Waals surface area (Å²) in [6.07, 6.45) is 0.0383. The van der Waals surface area contributed by atoms with Gasteiger partial charge in [-0.25, -0.2) is 0 Å². The number of carboxylic acid groups (broad SMARTS) is 1. The third-order valence-corrected chi connectivity index (χ3v) is 2.62. The molecule has 17 heavy (non-hydrogen) atoms. The van der Waals surface area contributed by atoms with Crippen molar-refractivity contribution < 1.29 is 14.7 Å². The number of rotatable bonds is 5. The molecule has 0 bridgehead atoms. The van der Waals surface area contributed by atoms with Gasteiger partial charge in [0.05, 0.1) is 5.92 Å². The van der Waals surface area contributed by atoms with Gasteiger partial charge in [-0.15, -0.1) is 0 Å². The van der Waals surface area contributed by atoms with Crippen LogP contribution in [-0.2, 0) is 4.79 Å². The van der Waals surface area contributed by atoms with Crippen molar-refractivity contribution in [3.63, 3.8) is 0 Å². The first-order valence-corrected chi connectivity index (χ1v) is 5.45. The predicted octanol–water partition coefficient (Wildman–Crippen LogP) is 2.05. The highest BCUT2D eigenvalue weighted by atomic mass is 16.4. The lowest BCUT2D eigenvalue weighted by Gasteiger charge is -2.12. The van der Waals surface area contributed by atoms with Crippen LogP contribution in [-0.4, -0.2) is 31.0 Å². The number of carbonyl (C=O) groups excluding carboxylic acids is 1. The van der Waals surface area contributed by atoms with Crippen molar-refractivity contribution >= 4 is 17.4 Å². The molecular weight excluding hydrogens is 218 g/mol. The first-order valence-electron chi connectivity index (χ1n) is 5.45. The van der Waals surface area contributed by atoms with E-state index in [9.17, 15) is 9.59 Å². The van der Waals surface area contributed by atoms with Crippen molar-refractivity contribution in [3.8, 4) is 0 Å². The molecule has 92 valence electrons. The molecule has 1 N–H and O–H groups in total. The fraction of sp³-hybridized carbons (Fsp3) is 0.385. The molecule has 4 nitrogen and oxygen atoms in total. The molecule has 4 heteroatoms. The number of aliphatic carboxylic acids is 1. The topological polar surface area (TPSA) is 57.6 Å². The average molecular weight is 235 g/mol. The molecule has 0 radical (unpaired) electrons. The summed E-state index contributed by atoms with van der Waals surface area (Å²) >= 11 is 0. The Hall–Kier alpha value is -1.84. The van der Waals surface area contributed by atoms with E-state index in [1.54, 1.807) is 12.1 Å². The summed E-state index contributed by atoms with van der Waals surface area (Å²) in [7, 11) is 3.84. The van der Waals surface area contributed by atoms with Gasteiger partial charge in [-0.2, -0.15) is 0 Å². The van der Waals surface area contributed by atoms with Crippen LogP contribution in [0.1, 0.15) is 23.7 Å². The van der Waals surface area contributed by atoms with Gasteiger partial charge in [0, 0.05) is 31.8 Å². The summed E-state index contributed by atoms with van der Waals surface area (Å²) in [5.41, 5.74) is 1.57. The number of hydrogen-bond donors (Lipinski definition) is 1. The molecule has 0 aromatic heterocycles. The van der Waals surface area contributed by atoms with Crippen LogP contribution in [0.4, 0.5) is 5.69 Å². The number of ketones is 1. The smallest absolute Gasteiger partial charge is 0.306 e. The maximum absolute atomic E-state index is 11.8. The van der Waals surface area contributed by atoms with Crippen molar-refractivity contribution in [3.05, 3.63) is 29.8 Å². The lowest BCUT2D eigenvalue weighted by Crippen LogP contribution is -2.15. The highest BCUT2D eigenvalue weighted by Gasteiger charge is 2.16. The SMILES string of the molecule is CC(CC(=O)c1ccc(N(C)C)cc1)C(=O)O. The second-order valence-electron chi connectivity index (χ2n) is 4.31. The fourth-order valence-corrected chi connectivity index (χ4v) is 1.43. The van der Waals surface area contributed by atoms with Crippen LogP contribution < -0.4 is 4.90 Å². The number of hydrogen-bond acceptors (Lipinski definition) is 3. The second kappa shape index (κ2) is 5.48. The minimum absolute atomic E-state index is 0.0383. The van der Waals surface area contributed by atoms with Crippen LogP contribution >= 0.6 is 0 Å². The molecule has 1 atom stereocenters. The molecule has 0 fully saturated rings. The summed E-state index contributed by atoms with van der Waals surface area (Å²) in [6, 6.07) is 7.15. The van der Waals surface area contributed by atoms with E-state index < -0.39 is 11.9 Å². The van der Waals surface area contributed by atoms with Gasteiger partial charge in [0.1, 0.15) is 0 Å². The van der Waals surface area contributed by atoms with Crippen LogP contribution in [0.25, 0.3) is 0 Å². The summed E-state index contributed by atoms with van der Waals surface area (Å²) in [6.45, 7) is 1.54. The van der Waals surface area contributed by atoms with Gasteiger partial charge in [0.15, 0.2) is 5.78 Å². The zero-order chi connectivity index (χ0) is 13.0. The molecule has 0 aliphatic heterocycles. The Morgan fingerprint density at radius 2 is 1.76 bits per heavy atom. The highest BCUT2D eigenvalue weighted by molar-refractivity contribution is 5.98. The van der Waals surface area contributed by atoms with Crippen LogP contribution in [0.2, 0.25) is 0 Å². The van der Waals surface area contributed by atoms with E-state index in [1.165, 1.54) is 6.92 Å². The average Bonchev–Trinajstić information content (AvgIpc) is 2.28. The Morgan fingerprint density at radius 3 is 2.18 bits per heavy atom. The normalized spacial score (nSPS) is 11.9. The molecule has 0 amide bonds. The Labute approximate surface area is 101 Å². The van der Waals surface area contributed by atoms with Crippen LogP contribution in [0.15, 0.2) is 24.3 Å². The zero-order valence-corrected chi connectivity index (χ0v) is 10.3. The number of Topliss-reactive ketones (excluding diaryl/α,β-unsaturated/α-hetero) is 1. The predicted molar refractivity (Wildman–Crippen MR) is 66.5 cm³/mol. The molecule has 0 heterocycles. The first-order chi connectivity index (χ1) is 7.91. The third-order valence-electron chi connectivity index (χ3n) is 2.62. The van der Waals surface area contributed by atoms with E-state index in [4.69, 9.17) is 5.11 Å². The van der Waals surface area contributed by atoms with E-state index in [1.807, 2.05) is 31.1 Å². The van der Waals surface area contributed by atoms with Crippen molar-refractivity contribution in [2.24, 2.45) is 5.92 Å². The zero-order valence-electron chi connectivity index (χ0n) is 10.3. The van der Waals surface area contributed by atoms with Gasteiger partial charge < -0.3 is 10.0 Å². The van der Waals surface area contributed by atoms with Crippen molar-refractivity contribution in [1.82, 2.24) is 0 Å². The summed E-state index contributed by atoms with van der Waals surface area (Å²) in [5, 5.41) is 8.74. The molecular formula is C13H17NO3. The van der Waals surface area contributed by atoms with Crippen molar-refractivity contribution in [1.29, 1.82) is 0 Å². The summed E-state index contributed by atoms with van der Waals surface area (Å²) in [4.78, 5) is 24.4. The number of nitrogens with zero attached hydrogens (tertiary/aromatic N) is 1. The lowest BCUT2D eigenvalue weighted by molar-refractivity contribution is -0.141. The quantitative estimate of drug-likeness (QED) is 0.793. The van der Waals surface area contributed by atoms with Gasteiger partial charge in [0.25, 0.3) is 0 Å². The van der Waals surface area contributed by atoms with Crippen molar-refractivity contribution in [2.75, 3.05) is 19.0 Å². The van der Waals surface area contributed by atoms with Crippen LogP contribution in [0.3, 0.4) is 0 Å². The van der Waals surface area contributed by atoms with Gasteiger partial charge in [-0.3, -0.25) is 9.59 Å². The Bertz CT molecular complexity index is 409. The maximum Gasteiger partial charge on any atom is 0.306 e. The number of anilines is 1. The largest absolute Gasteiger partial charge is 0.481 e. The van der Waals surface area contributed by atoms with E-state index in [2.05, 4.69) is 0 Å². The molecule has 1 unspecified atom stereocenters. The Morgan fingerprint density at radius 1 is 1.24 bits per heavy atom. The van der Waals surface area contributed by atoms with Crippen LogP contribution in [0, 0.1) is 5.92 Å². The monoisotopic (exact) mass is 235 g/mol. The van der Waals surface area contributed by atoms with E-state index in [-0.39, 0.29) is 12.2 Å². The second-order valence-corrected chi connectivity index (χ2v) is 4.31. The minimum atomic E-state index is -0.941. The Balaban J connectivity index is 2.73. The van der Waals surface area contributed by atoms with Gasteiger partial charge >= 0.3 is 5.97 Å². The molecule has 0 saturated carbocycles. The highest BCUT2D eigenvalue weighted by Crippen LogP contribution is 2.15. The van der Waals surface area contributed by atoms with Gasteiger partial charge in [-0.1, -0.05) is 6.92 Å². The molecule has 1 aromatic carbocycles. The number of carboxylic acids is 1. The lowest BCUT2D eigenvalue weighted by atomic mass is 10.00. The molecule has 0 spiro atoms. The summed E-state index contributed by atoms with van der Waals surface area (Å²) in [5.74, 6) is -1.72. The minimum Gasteiger partial charge on any atom is -0.481 e. The molecule has 0 saturated heterocycles. The molecule has 0 aliphatic carbocycles. The molecule has 1 rings (SSSR count). The third kappa shape index (κ3) is 3.59. The van der Waals surface area contributed by atoms with E-state index in [0.29, 0.717) is 5.56 Å².